The minimum Gasteiger partial charge on any atom is -0.364 e. The van der Waals surface area contributed by atoms with E-state index in [2.05, 4.69) is 31.4 Å². The number of carbonyl (C=O) groups excluding carboxylic acids is 2. The third kappa shape index (κ3) is 3.23. The average Bonchev–Trinajstić information content (AvgIpc) is 2.93. The van der Waals surface area contributed by atoms with Gasteiger partial charge in [-0.1, -0.05) is 0 Å². The van der Waals surface area contributed by atoms with Crippen LogP contribution in [-0.2, 0) is 18.4 Å². The van der Waals surface area contributed by atoms with Crippen molar-refractivity contribution in [1.29, 1.82) is 0 Å². The summed E-state index contributed by atoms with van der Waals surface area (Å²) in [6.45, 7) is 0.434. The summed E-state index contributed by atoms with van der Waals surface area (Å²) in [7, 11) is 1.58. The van der Waals surface area contributed by atoms with Gasteiger partial charge in [-0.05, 0) is 15.9 Å². The standard InChI is InChI=1S/C11H13BrN6O2/c1-17-10(11(13)20)8(5-14-17)16-9(19)2-3-18-6-7(12)4-15-18/h4-6H,2-3H2,1H3,(H2,13,20)(H,16,19). The lowest BCUT2D eigenvalue weighted by atomic mass is 10.3. The summed E-state index contributed by atoms with van der Waals surface area (Å²) in [6, 6.07) is 0. The van der Waals surface area contributed by atoms with Gasteiger partial charge in [0.25, 0.3) is 5.91 Å². The maximum absolute atomic E-state index is 11.8. The van der Waals surface area contributed by atoms with Crippen molar-refractivity contribution in [2.24, 2.45) is 12.8 Å². The molecule has 0 aliphatic rings. The number of hydrogen-bond acceptors (Lipinski definition) is 4. The molecular formula is C11H13BrN6O2. The molecule has 0 saturated heterocycles. The van der Waals surface area contributed by atoms with Crippen molar-refractivity contribution in [1.82, 2.24) is 19.6 Å². The molecule has 0 saturated carbocycles. The maximum atomic E-state index is 11.8. The second-order valence-electron chi connectivity index (χ2n) is 4.11. The molecule has 0 unspecified atom stereocenters. The molecule has 0 spiro atoms. The Hall–Kier alpha value is -2.16. The number of nitrogens with two attached hydrogens (primary N) is 1. The second-order valence-corrected chi connectivity index (χ2v) is 5.03. The molecule has 2 rings (SSSR count). The molecule has 0 aromatic carbocycles. The fourth-order valence-electron chi connectivity index (χ4n) is 1.71. The molecule has 3 N–H and O–H groups in total. The maximum Gasteiger partial charge on any atom is 0.269 e. The van der Waals surface area contributed by atoms with Gasteiger partial charge < -0.3 is 11.1 Å². The quantitative estimate of drug-likeness (QED) is 0.826. The van der Waals surface area contributed by atoms with Crippen LogP contribution in [0.1, 0.15) is 16.9 Å². The summed E-state index contributed by atoms with van der Waals surface area (Å²) >= 11 is 3.27. The van der Waals surface area contributed by atoms with Gasteiger partial charge in [0.15, 0.2) is 0 Å². The molecule has 106 valence electrons. The van der Waals surface area contributed by atoms with Crippen LogP contribution in [0, 0.1) is 0 Å². The molecule has 0 fully saturated rings. The highest BCUT2D eigenvalue weighted by Crippen LogP contribution is 2.13. The van der Waals surface area contributed by atoms with Crippen LogP contribution >= 0.6 is 15.9 Å². The van der Waals surface area contributed by atoms with E-state index in [1.54, 1.807) is 24.1 Å². The smallest absolute Gasteiger partial charge is 0.269 e. The van der Waals surface area contributed by atoms with Crippen molar-refractivity contribution >= 4 is 33.4 Å². The zero-order valence-corrected chi connectivity index (χ0v) is 12.3. The molecule has 2 heterocycles. The highest BCUT2D eigenvalue weighted by Gasteiger charge is 2.15. The van der Waals surface area contributed by atoms with Crippen molar-refractivity contribution in [3.63, 3.8) is 0 Å². The van der Waals surface area contributed by atoms with Gasteiger partial charge in [0, 0.05) is 26.2 Å². The minimum atomic E-state index is -0.642. The molecule has 8 nitrogen and oxygen atoms in total. The van der Waals surface area contributed by atoms with Crippen molar-refractivity contribution in [2.45, 2.75) is 13.0 Å². The Morgan fingerprint density at radius 1 is 1.40 bits per heavy atom. The van der Waals surface area contributed by atoms with E-state index in [-0.39, 0.29) is 18.0 Å². The monoisotopic (exact) mass is 340 g/mol. The van der Waals surface area contributed by atoms with E-state index >= 15 is 0 Å². The minimum absolute atomic E-state index is 0.167. The first-order valence-corrected chi connectivity index (χ1v) is 6.56. The van der Waals surface area contributed by atoms with E-state index in [0.717, 1.165) is 4.47 Å². The Morgan fingerprint density at radius 2 is 2.15 bits per heavy atom. The van der Waals surface area contributed by atoms with Gasteiger partial charge in [-0.15, -0.1) is 0 Å². The molecule has 2 amide bonds. The van der Waals surface area contributed by atoms with E-state index in [1.807, 2.05) is 0 Å². The van der Waals surface area contributed by atoms with Crippen LogP contribution in [0.2, 0.25) is 0 Å². The summed E-state index contributed by atoms with van der Waals surface area (Å²) < 4.78 is 3.81. The topological polar surface area (TPSA) is 108 Å². The van der Waals surface area contributed by atoms with E-state index < -0.39 is 5.91 Å². The molecule has 2 aromatic rings. The highest BCUT2D eigenvalue weighted by atomic mass is 79.9. The Morgan fingerprint density at radius 3 is 2.75 bits per heavy atom. The predicted octanol–water partition coefficient (Wildman–Crippen LogP) is 0.507. The van der Waals surface area contributed by atoms with Crippen LogP contribution in [0.5, 0.6) is 0 Å². The van der Waals surface area contributed by atoms with Crippen LogP contribution in [0.25, 0.3) is 0 Å². The summed E-state index contributed by atoms with van der Waals surface area (Å²) in [5, 5.41) is 10.5. The third-order valence-corrected chi connectivity index (χ3v) is 3.03. The summed E-state index contributed by atoms with van der Waals surface area (Å²) in [5.74, 6) is -0.886. The first-order valence-electron chi connectivity index (χ1n) is 5.77. The average molecular weight is 341 g/mol. The van der Waals surface area contributed by atoms with Crippen LogP contribution in [0.3, 0.4) is 0 Å². The zero-order valence-electron chi connectivity index (χ0n) is 10.7. The molecule has 0 aliphatic carbocycles. The largest absolute Gasteiger partial charge is 0.364 e. The highest BCUT2D eigenvalue weighted by molar-refractivity contribution is 9.10. The van der Waals surface area contributed by atoms with Gasteiger partial charge in [0.05, 0.1) is 22.6 Å². The van der Waals surface area contributed by atoms with E-state index in [9.17, 15) is 9.59 Å². The lowest BCUT2D eigenvalue weighted by Crippen LogP contribution is -2.20. The number of halogens is 1. The van der Waals surface area contributed by atoms with Crippen LogP contribution in [-0.4, -0.2) is 31.4 Å². The molecule has 0 bridgehead atoms. The summed E-state index contributed by atoms with van der Waals surface area (Å²) in [5.41, 5.74) is 5.71. The van der Waals surface area contributed by atoms with Gasteiger partial charge in [0.1, 0.15) is 5.69 Å². The van der Waals surface area contributed by atoms with E-state index in [1.165, 1.54) is 10.9 Å². The molecule has 0 aliphatic heterocycles. The molecule has 9 heteroatoms. The third-order valence-electron chi connectivity index (χ3n) is 2.62. The Bertz CT molecular complexity index is 647. The number of aromatic nitrogens is 4. The van der Waals surface area contributed by atoms with Gasteiger partial charge in [0.2, 0.25) is 5.91 Å². The molecule has 2 aromatic heterocycles. The molecule has 0 radical (unpaired) electrons. The van der Waals surface area contributed by atoms with Gasteiger partial charge in [-0.2, -0.15) is 10.2 Å². The number of nitrogens with one attached hydrogen (secondary N) is 1. The van der Waals surface area contributed by atoms with Crippen molar-refractivity contribution in [3.8, 4) is 0 Å². The van der Waals surface area contributed by atoms with Gasteiger partial charge >= 0.3 is 0 Å². The number of hydrogen-bond donors (Lipinski definition) is 2. The number of nitrogens with zero attached hydrogens (tertiary/aromatic N) is 4. The lowest BCUT2D eigenvalue weighted by molar-refractivity contribution is -0.116. The number of amides is 2. The Labute approximate surface area is 123 Å². The van der Waals surface area contributed by atoms with Crippen molar-refractivity contribution in [2.75, 3.05) is 5.32 Å². The van der Waals surface area contributed by atoms with E-state index in [4.69, 9.17) is 5.73 Å². The SMILES string of the molecule is Cn1ncc(NC(=O)CCn2cc(Br)cn2)c1C(N)=O. The first-order chi connectivity index (χ1) is 9.47. The van der Waals surface area contributed by atoms with Crippen molar-refractivity contribution < 1.29 is 9.59 Å². The van der Waals surface area contributed by atoms with Crippen molar-refractivity contribution in [3.05, 3.63) is 28.8 Å². The van der Waals surface area contributed by atoms with Gasteiger partial charge in [-0.3, -0.25) is 19.0 Å². The number of carbonyl (C=O) groups is 2. The lowest BCUT2D eigenvalue weighted by Gasteiger charge is -2.05. The van der Waals surface area contributed by atoms with Crippen LogP contribution in [0.4, 0.5) is 5.69 Å². The molecular weight excluding hydrogens is 328 g/mol. The Kier molecular flexibility index (Phi) is 4.18. The fourth-order valence-corrected chi connectivity index (χ4v) is 2.04. The second kappa shape index (κ2) is 5.87. The summed E-state index contributed by atoms with van der Waals surface area (Å²) in [4.78, 5) is 23.1. The first kappa shape index (κ1) is 14.3. The molecule has 0 atom stereocenters. The number of rotatable bonds is 5. The number of aryl methyl sites for hydroxylation is 2. The predicted molar refractivity (Wildman–Crippen MR) is 74.9 cm³/mol. The zero-order chi connectivity index (χ0) is 14.7. The summed E-state index contributed by atoms with van der Waals surface area (Å²) in [6.07, 6.45) is 5.03. The van der Waals surface area contributed by atoms with Gasteiger partial charge in [-0.25, -0.2) is 0 Å². The van der Waals surface area contributed by atoms with E-state index in [0.29, 0.717) is 12.2 Å². The number of anilines is 1. The number of primary amides is 1. The Balaban J connectivity index is 1.96. The fraction of sp³-hybridized carbons (Fsp3) is 0.273. The van der Waals surface area contributed by atoms with Crippen LogP contribution in [0.15, 0.2) is 23.1 Å². The normalized spacial score (nSPS) is 10.5. The van der Waals surface area contributed by atoms with Crippen LogP contribution < -0.4 is 11.1 Å². The molecule has 20 heavy (non-hydrogen) atoms.